The van der Waals surface area contributed by atoms with Crippen LogP contribution in [0.15, 0.2) is 231 Å². The van der Waals surface area contributed by atoms with Crippen molar-refractivity contribution in [1.29, 1.82) is 0 Å². The van der Waals surface area contributed by atoms with Crippen molar-refractivity contribution in [2.75, 3.05) is 4.90 Å². The lowest BCUT2D eigenvalue weighted by Crippen LogP contribution is -2.56. The maximum absolute atomic E-state index is 17.5. The van der Waals surface area contributed by atoms with Gasteiger partial charge in [0.05, 0.1) is 11.4 Å². The standard InChI is InChI=1S/C70H57BFNO/c1-45-38-47(3)68(48(4)39-45)71(69-49(5)40-46(2)41-50(69)6)64-37-36-60(59-27-16-17-28-61(59)64)62-35-32-55(44-67(62)74)52-30-33-57(34-31-52)73(66-29-19-18-26-58(66)53-22-12-8-13-23-53)70-63(54-24-14-9-15-25-54)42-56(43-65(70)72)51-20-10-7-11-21-51/h7-44,74H,1-6H3. The van der Waals surface area contributed by atoms with Crippen LogP contribution in [0.1, 0.15) is 33.4 Å². The number of phenolic OH excluding ortho intramolecular Hbond substituents is 1. The minimum atomic E-state index is -0.338. The van der Waals surface area contributed by atoms with E-state index in [9.17, 15) is 5.11 Å². The zero-order valence-electron chi connectivity index (χ0n) is 42.8. The Hall–Kier alpha value is -8.73. The fourth-order valence-electron chi connectivity index (χ4n) is 11.7. The maximum atomic E-state index is 17.5. The van der Waals surface area contributed by atoms with Gasteiger partial charge in [-0.3, -0.25) is 0 Å². The highest BCUT2D eigenvalue weighted by atomic mass is 19.1. The van der Waals surface area contributed by atoms with Crippen LogP contribution in [0.5, 0.6) is 5.75 Å². The van der Waals surface area contributed by atoms with Gasteiger partial charge in [-0.25, -0.2) is 4.39 Å². The van der Waals surface area contributed by atoms with Crippen LogP contribution >= 0.6 is 0 Å². The van der Waals surface area contributed by atoms with Gasteiger partial charge in [-0.2, -0.15) is 0 Å². The van der Waals surface area contributed by atoms with E-state index < -0.39 is 0 Å². The number of aromatic hydroxyl groups is 1. The smallest absolute Gasteiger partial charge is 0.243 e. The lowest BCUT2D eigenvalue weighted by atomic mass is 9.33. The summed E-state index contributed by atoms with van der Waals surface area (Å²) in [6, 6.07) is 78.9. The van der Waals surface area contributed by atoms with E-state index in [0.29, 0.717) is 5.69 Å². The number of hydrogen-bond donors (Lipinski definition) is 1. The van der Waals surface area contributed by atoms with Gasteiger partial charge in [0.15, 0.2) is 0 Å². The van der Waals surface area contributed by atoms with Crippen molar-refractivity contribution in [2.45, 2.75) is 41.5 Å². The second-order valence-corrected chi connectivity index (χ2v) is 19.9. The zero-order chi connectivity index (χ0) is 51.0. The summed E-state index contributed by atoms with van der Waals surface area (Å²) < 4.78 is 17.5. The molecule has 1 N–H and O–H groups in total. The molecule has 74 heavy (non-hydrogen) atoms. The molecule has 11 aromatic rings. The van der Waals surface area contributed by atoms with Gasteiger partial charge in [-0.05, 0) is 128 Å². The number of hydrogen-bond acceptors (Lipinski definition) is 2. The van der Waals surface area contributed by atoms with Crippen LogP contribution in [-0.4, -0.2) is 11.8 Å². The van der Waals surface area contributed by atoms with Gasteiger partial charge in [-0.1, -0.05) is 244 Å². The van der Waals surface area contributed by atoms with Gasteiger partial charge in [0.2, 0.25) is 6.71 Å². The monoisotopic (exact) mass is 957 g/mol. The first kappa shape index (κ1) is 47.6. The van der Waals surface area contributed by atoms with Crippen molar-refractivity contribution in [3.05, 3.63) is 270 Å². The molecule has 11 aromatic carbocycles. The topological polar surface area (TPSA) is 23.5 Å². The molecule has 0 fully saturated rings. The number of anilines is 3. The van der Waals surface area contributed by atoms with Crippen molar-refractivity contribution in [3.63, 3.8) is 0 Å². The molecular weight excluding hydrogens is 901 g/mol. The molecule has 11 rings (SSSR count). The summed E-state index contributed by atoms with van der Waals surface area (Å²) in [5.74, 6) is -0.141. The molecule has 0 saturated heterocycles. The van der Waals surface area contributed by atoms with Crippen LogP contribution < -0.4 is 21.3 Å². The largest absolute Gasteiger partial charge is 0.507 e. The highest BCUT2D eigenvalue weighted by Crippen LogP contribution is 2.48. The molecular formula is C70H57BFNO. The van der Waals surface area contributed by atoms with E-state index in [-0.39, 0.29) is 18.3 Å². The summed E-state index contributed by atoms with van der Waals surface area (Å²) in [5.41, 5.74) is 22.6. The fraction of sp³-hybridized carbons (Fsp3) is 0.0857. The van der Waals surface area contributed by atoms with Gasteiger partial charge in [0, 0.05) is 22.4 Å². The quantitative estimate of drug-likeness (QED) is 0.131. The van der Waals surface area contributed by atoms with Gasteiger partial charge >= 0.3 is 0 Å². The van der Waals surface area contributed by atoms with Crippen molar-refractivity contribution in [3.8, 4) is 61.4 Å². The zero-order valence-corrected chi connectivity index (χ0v) is 42.8. The average molecular weight is 958 g/mol. The Labute approximate surface area is 435 Å². The molecule has 0 atom stereocenters. The molecule has 0 bridgehead atoms. The number of aryl methyl sites for hydroxylation is 6. The van der Waals surface area contributed by atoms with Crippen molar-refractivity contribution < 1.29 is 9.50 Å². The third-order valence-electron chi connectivity index (χ3n) is 14.8. The van der Waals surface area contributed by atoms with E-state index >= 15 is 4.39 Å². The van der Waals surface area contributed by atoms with E-state index in [0.717, 1.165) is 77.8 Å². The molecule has 0 aliphatic heterocycles. The highest BCUT2D eigenvalue weighted by molar-refractivity contribution is 6.98. The Morgan fingerprint density at radius 3 is 1.42 bits per heavy atom. The highest BCUT2D eigenvalue weighted by Gasteiger charge is 2.31. The van der Waals surface area contributed by atoms with Crippen LogP contribution in [0.2, 0.25) is 0 Å². The van der Waals surface area contributed by atoms with Crippen molar-refractivity contribution in [1.82, 2.24) is 0 Å². The number of phenols is 1. The Kier molecular flexibility index (Phi) is 12.9. The molecule has 0 aromatic heterocycles. The average Bonchev–Trinajstić information content (AvgIpc) is 3.41. The lowest BCUT2D eigenvalue weighted by molar-refractivity contribution is 0.477. The van der Waals surface area contributed by atoms with Crippen molar-refractivity contribution >= 4 is 50.9 Å². The van der Waals surface area contributed by atoms with E-state index in [1.165, 1.54) is 49.8 Å². The van der Waals surface area contributed by atoms with E-state index in [1.54, 1.807) is 6.07 Å². The molecule has 0 aliphatic carbocycles. The Morgan fingerprint density at radius 2 is 0.838 bits per heavy atom. The van der Waals surface area contributed by atoms with Crippen LogP contribution in [0, 0.1) is 47.4 Å². The fourth-order valence-corrected chi connectivity index (χ4v) is 11.7. The minimum absolute atomic E-state index is 0.00640. The first-order chi connectivity index (χ1) is 36.0. The first-order valence-electron chi connectivity index (χ1n) is 25.5. The number of rotatable bonds is 11. The molecule has 358 valence electrons. The summed E-state index contributed by atoms with van der Waals surface area (Å²) in [4.78, 5) is 2.06. The second kappa shape index (κ2) is 20.1. The molecule has 4 heteroatoms. The van der Waals surface area contributed by atoms with Gasteiger partial charge in [0.25, 0.3) is 0 Å². The molecule has 0 radical (unpaired) electrons. The molecule has 0 spiro atoms. The summed E-state index contributed by atoms with van der Waals surface area (Å²) in [5, 5.41) is 14.3. The summed E-state index contributed by atoms with van der Waals surface area (Å²) in [7, 11) is 0. The van der Waals surface area contributed by atoms with Crippen LogP contribution in [0.25, 0.3) is 66.4 Å². The van der Waals surface area contributed by atoms with Crippen LogP contribution in [-0.2, 0) is 0 Å². The number of fused-ring (bicyclic) bond motifs is 1. The predicted molar refractivity (Wildman–Crippen MR) is 313 cm³/mol. The van der Waals surface area contributed by atoms with Gasteiger partial charge in [-0.15, -0.1) is 0 Å². The van der Waals surface area contributed by atoms with Crippen molar-refractivity contribution in [2.24, 2.45) is 0 Å². The Bertz CT molecular complexity index is 3760. The predicted octanol–water partition coefficient (Wildman–Crippen LogP) is 16.9. The molecule has 0 unspecified atom stereocenters. The Morgan fingerprint density at radius 1 is 0.365 bits per heavy atom. The Balaban J connectivity index is 1.01. The lowest BCUT2D eigenvalue weighted by Gasteiger charge is -2.31. The van der Waals surface area contributed by atoms with Crippen LogP contribution in [0.3, 0.4) is 0 Å². The molecule has 0 amide bonds. The molecule has 2 nitrogen and oxygen atoms in total. The third kappa shape index (κ3) is 8.98. The second-order valence-electron chi connectivity index (χ2n) is 19.9. The first-order valence-corrected chi connectivity index (χ1v) is 25.5. The normalized spacial score (nSPS) is 11.2. The minimum Gasteiger partial charge on any atom is -0.507 e. The number of nitrogens with zero attached hydrogens (tertiary/aromatic N) is 1. The summed E-state index contributed by atoms with van der Waals surface area (Å²) >= 11 is 0. The number of halogens is 1. The van der Waals surface area contributed by atoms with Gasteiger partial charge < -0.3 is 10.0 Å². The SMILES string of the molecule is Cc1cc(C)c(B(c2c(C)cc(C)cc2C)c2ccc(-c3ccc(-c4ccc(N(c5ccccc5-c5ccccc5)c5c(F)cc(-c6ccccc6)cc5-c5ccccc5)cc4)cc3O)c3ccccc23)c(C)c1. The van der Waals surface area contributed by atoms with E-state index in [2.05, 4.69) is 168 Å². The number of para-hydroxylation sites is 1. The van der Waals surface area contributed by atoms with E-state index in [4.69, 9.17) is 0 Å². The third-order valence-corrected chi connectivity index (χ3v) is 14.8. The van der Waals surface area contributed by atoms with E-state index in [1.807, 2.05) is 103 Å². The molecule has 0 heterocycles. The molecule has 0 aliphatic rings. The van der Waals surface area contributed by atoms with Crippen LogP contribution in [0.4, 0.5) is 21.5 Å². The van der Waals surface area contributed by atoms with Gasteiger partial charge in [0.1, 0.15) is 11.6 Å². The summed E-state index contributed by atoms with van der Waals surface area (Å²) in [6.07, 6.45) is 0. The maximum Gasteiger partial charge on any atom is 0.243 e. The molecule has 0 saturated carbocycles. The number of benzene rings is 11. The summed E-state index contributed by atoms with van der Waals surface area (Å²) in [6.45, 7) is 13.4.